The van der Waals surface area contributed by atoms with Crippen molar-refractivity contribution in [2.45, 2.75) is 6.92 Å². The van der Waals surface area contributed by atoms with Gasteiger partial charge in [-0.1, -0.05) is 30.3 Å². The molecule has 0 aliphatic heterocycles. The van der Waals surface area contributed by atoms with Gasteiger partial charge in [0.05, 0.1) is 28.1 Å². The first-order valence-corrected chi connectivity index (χ1v) is 9.79. The van der Waals surface area contributed by atoms with Gasteiger partial charge in [-0.3, -0.25) is 25.0 Å². The van der Waals surface area contributed by atoms with E-state index >= 15 is 0 Å². The third kappa shape index (κ3) is 4.73. The predicted molar refractivity (Wildman–Crippen MR) is 113 cm³/mol. The normalized spacial score (nSPS) is 10.4. The zero-order valence-electron chi connectivity index (χ0n) is 16.1. The Morgan fingerprint density at radius 3 is 2.19 bits per heavy atom. The third-order valence-corrected chi connectivity index (χ3v) is 5.06. The van der Waals surface area contributed by atoms with Gasteiger partial charge in [0, 0.05) is 23.1 Å². The van der Waals surface area contributed by atoms with Crippen LogP contribution < -0.4 is 5.32 Å². The standard InChI is InChI=1S/C20H15N3O7S/c1-2-30-20(25)17-16(12-6-4-3-5-7-12)11-31-19(17)21-18(24)13-8-14(22(26)27)10-15(9-13)23(28)29/h3-11H,2H2,1H3,(H,21,24). The van der Waals surface area contributed by atoms with E-state index in [-0.39, 0.29) is 22.7 Å². The second kappa shape index (κ2) is 9.13. The minimum atomic E-state index is -0.834. The van der Waals surface area contributed by atoms with Crippen LogP contribution in [-0.4, -0.2) is 28.3 Å². The van der Waals surface area contributed by atoms with Crippen molar-refractivity contribution in [3.8, 4) is 11.1 Å². The van der Waals surface area contributed by atoms with Gasteiger partial charge in [-0.05, 0) is 12.5 Å². The molecule has 0 fully saturated rings. The minimum Gasteiger partial charge on any atom is -0.462 e. The van der Waals surface area contributed by atoms with Gasteiger partial charge < -0.3 is 10.1 Å². The maximum atomic E-state index is 12.7. The molecule has 3 rings (SSSR count). The van der Waals surface area contributed by atoms with Crippen molar-refractivity contribution in [2.24, 2.45) is 0 Å². The lowest BCUT2D eigenvalue weighted by molar-refractivity contribution is -0.394. The Hall–Kier alpha value is -4.12. The van der Waals surface area contributed by atoms with E-state index in [4.69, 9.17) is 4.74 Å². The summed E-state index contributed by atoms with van der Waals surface area (Å²) in [5.41, 5.74) is -0.0726. The lowest BCUT2D eigenvalue weighted by atomic mass is 10.0. The second-order valence-electron chi connectivity index (χ2n) is 6.15. The van der Waals surface area contributed by atoms with Gasteiger partial charge in [0.15, 0.2) is 0 Å². The van der Waals surface area contributed by atoms with Gasteiger partial charge >= 0.3 is 5.97 Å². The van der Waals surface area contributed by atoms with Crippen LogP contribution in [-0.2, 0) is 4.74 Å². The summed E-state index contributed by atoms with van der Waals surface area (Å²) in [4.78, 5) is 45.8. The van der Waals surface area contributed by atoms with Crippen LogP contribution in [0.25, 0.3) is 11.1 Å². The van der Waals surface area contributed by atoms with Crippen molar-refractivity contribution in [1.82, 2.24) is 0 Å². The molecule has 10 nitrogen and oxygen atoms in total. The summed E-state index contributed by atoms with van der Waals surface area (Å²) < 4.78 is 5.12. The van der Waals surface area contributed by atoms with E-state index in [1.54, 1.807) is 36.6 Å². The maximum Gasteiger partial charge on any atom is 0.341 e. The Morgan fingerprint density at radius 2 is 1.65 bits per heavy atom. The Morgan fingerprint density at radius 1 is 1.03 bits per heavy atom. The highest BCUT2D eigenvalue weighted by atomic mass is 32.1. The zero-order valence-corrected chi connectivity index (χ0v) is 16.9. The number of hydrogen-bond donors (Lipinski definition) is 1. The smallest absolute Gasteiger partial charge is 0.341 e. The van der Waals surface area contributed by atoms with Gasteiger partial charge in [0.1, 0.15) is 10.6 Å². The first-order chi connectivity index (χ1) is 14.8. The largest absolute Gasteiger partial charge is 0.462 e. The molecule has 158 valence electrons. The van der Waals surface area contributed by atoms with E-state index in [0.29, 0.717) is 5.56 Å². The number of carbonyl (C=O) groups excluding carboxylic acids is 2. The molecule has 1 aromatic heterocycles. The predicted octanol–water partition coefficient (Wildman–Crippen LogP) is 4.66. The highest BCUT2D eigenvalue weighted by Crippen LogP contribution is 2.36. The molecule has 2 aromatic carbocycles. The number of nitro groups is 2. The Bertz CT molecular complexity index is 1140. The summed E-state index contributed by atoms with van der Waals surface area (Å²) in [6.07, 6.45) is 0. The number of esters is 1. The van der Waals surface area contributed by atoms with Crippen molar-refractivity contribution in [2.75, 3.05) is 11.9 Å². The van der Waals surface area contributed by atoms with Crippen LogP contribution in [0.15, 0.2) is 53.9 Å². The molecule has 3 aromatic rings. The minimum absolute atomic E-state index is 0.118. The summed E-state index contributed by atoms with van der Waals surface area (Å²) in [7, 11) is 0. The monoisotopic (exact) mass is 441 g/mol. The Kier molecular flexibility index (Phi) is 6.36. The number of ether oxygens (including phenoxy) is 1. The molecule has 0 saturated heterocycles. The molecule has 1 heterocycles. The number of carbonyl (C=O) groups is 2. The second-order valence-corrected chi connectivity index (χ2v) is 7.03. The summed E-state index contributed by atoms with van der Waals surface area (Å²) >= 11 is 1.07. The van der Waals surface area contributed by atoms with Crippen molar-refractivity contribution < 1.29 is 24.2 Å². The SMILES string of the molecule is CCOC(=O)c1c(-c2ccccc2)csc1NC(=O)c1cc([N+](=O)[O-])cc([N+](=O)[O-])c1. The quantitative estimate of drug-likeness (QED) is 0.319. The molecular formula is C20H15N3O7S. The highest BCUT2D eigenvalue weighted by molar-refractivity contribution is 7.15. The van der Waals surface area contributed by atoms with Crippen molar-refractivity contribution in [3.63, 3.8) is 0 Å². The van der Waals surface area contributed by atoms with Gasteiger partial charge in [0.2, 0.25) is 0 Å². The van der Waals surface area contributed by atoms with Crippen LogP contribution in [0.4, 0.5) is 16.4 Å². The molecule has 0 saturated carbocycles. The zero-order chi connectivity index (χ0) is 22.5. The van der Waals surface area contributed by atoms with Gasteiger partial charge in [-0.15, -0.1) is 11.3 Å². The topological polar surface area (TPSA) is 142 Å². The number of rotatable bonds is 7. The number of nitrogens with one attached hydrogen (secondary N) is 1. The van der Waals surface area contributed by atoms with Gasteiger partial charge in [0.25, 0.3) is 17.3 Å². The first kappa shape index (κ1) is 21.6. The molecule has 0 bridgehead atoms. The first-order valence-electron chi connectivity index (χ1n) is 8.91. The third-order valence-electron chi connectivity index (χ3n) is 4.17. The summed E-state index contributed by atoms with van der Waals surface area (Å²) in [5.74, 6) is -1.48. The molecule has 0 radical (unpaired) electrons. The summed E-state index contributed by atoms with van der Waals surface area (Å²) in [6, 6.07) is 11.6. The number of thiophene rings is 1. The molecule has 0 aliphatic rings. The number of nitrogens with zero attached hydrogens (tertiary/aromatic N) is 2. The van der Waals surface area contributed by atoms with E-state index in [1.165, 1.54) is 0 Å². The van der Waals surface area contributed by atoms with E-state index in [1.807, 2.05) is 6.07 Å². The summed E-state index contributed by atoms with van der Waals surface area (Å²) in [5, 5.41) is 26.5. The van der Waals surface area contributed by atoms with Gasteiger partial charge in [-0.2, -0.15) is 0 Å². The number of non-ortho nitro benzene ring substituents is 2. The molecule has 0 spiro atoms. The maximum absolute atomic E-state index is 12.7. The van der Waals surface area contributed by atoms with Crippen molar-refractivity contribution >= 4 is 39.6 Å². The van der Waals surface area contributed by atoms with Crippen LogP contribution in [0.2, 0.25) is 0 Å². The molecule has 1 N–H and O–H groups in total. The van der Waals surface area contributed by atoms with Crippen molar-refractivity contribution in [1.29, 1.82) is 0 Å². The lowest BCUT2D eigenvalue weighted by Crippen LogP contribution is -2.15. The number of hydrogen-bond acceptors (Lipinski definition) is 8. The highest BCUT2D eigenvalue weighted by Gasteiger charge is 2.25. The molecule has 0 unspecified atom stereocenters. The van der Waals surface area contributed by atoms with E-state index in [9.17, 15) is 29.8 Å². The Labute approximate surface area is 179 Å². The van der Waals surface area contributed by atoms with E-state index < -0.39 is 33.1 Å². The summed E-state index contributed by atoms with van der Waals surface area (Å²) in [6.45, 7) is 1.76. The molecule has 1 amide bonds. The van der Waals surface area contributed by atoms with Crippen LogP contribution in [0.5, 0.6) is 0 Å². The van der Waals surface area contributed by atoms with Crippen LogP contribution in [0.1, 0.15) is 27.6 Å². The fourth-order valence-electron chi connectivity index (χ4n) is 2.80. The molecule has 31 heavy (non-hydrogen) atoms. The molecular weight excluding hydrogens is 426 g/mol. The fraction of sp³-hybridized carbons (Fsp3) is 0.100. The number of anilines is 1. The molecule has 0 aliphatic carbocycles. The fourth-order valence-corrected chi connectivity index (χ4v) is 3.75. The van der Waals surface area contributed by atoms with Crippen LogP contribution in [0, 0.1) is 20.2 Å². The van der Waals surface area contributed by atoms with E-state index in [2.05, 4.69) is 5.32 Å². The average Bonchev–Trinajstić information content (AvgIpc) is 3.17. The van der Waals surface area contributed by atoms with Crippen LogP contribution in [0.3, 0.4) is 0 Å². The Balaban J connectivity index is 2.02. The van der Waals surface area contributed by atoms with E-state index in [0.717, 1.165) is 35.1 Å². The average molecular weight is 441 g/mol. The molecule has 11 heteroatoms. The number of benzene rings is 2. The number of nitro benzene ring substituents is 2. The van der Waals surface area contributed by atoms with Crippen LogP contribution >= 0.6 is 11.3 Å². The lowest BCUT2D eigenvalue weighted by Gasteiger charge is -2.09. The van der Waals surface area contributed by atoms with Crippen molar-refractivity contribution in [3.05, 3.63) is 85.3 Å². The number of amides is 1. The van der Waals surface area contributed by atoms with Gasteiger partial charge in [-0.25, -0.2) is 4.79 Å². The molecule has 0 atom stereocenters.